The molecule has 0 saturated heterocycles. The van der Waals surface area contributed by atoms with E-state index in [0.717, 1.165) is 36.9 Å². The summed E-state index contributed by atoms with van der Waals surface area (Å²) in [6.45, 7) is 4.60. The Labute approximate surface area is 171 Å². The number of anilines is 1. The van der Waals surface area contributed by atoms with Gasteiger partial charge in [-0.2, -0.15) is 0 Å². The number of fused-ring (bicyclic) bond motifs is 1. The smallest absolute Gasteiger partial charge is 0.126 e. The monoisotopic (exact) mass is 385 g/mol. The Bertz CT molecular complexity index is 1040. The molecule has 0 amide bonds. The molecule has 2 fully saturated rings. The van der Waals surface area contributed by atoms with Crippen LogP contribution in [-0.4, -0.2) is 42.7 Å². The van der Waals surface area contributed by atoms with Gasteiger partial charge in [-0.05, 0) is 49.8 Å². The second-order valence-corrected chi connectivity index (χ2v) is 8.93. The van der Waals surface area contributed by atoms with Crippen LogP contribution in [0.5, 0.6) is 0 Å². The van der Waals surface area contributed by atoms with Crippen molar-refractivity contribution in [1.82, 2.24) is 0 Å². The minimum absolute atomic E-state index is 0.283. The third-order valence-electron chi connectivity index (χ3n) is 7.04. The number of nitrogens with zero attached hydrogens (tertiary/aromatic N) is 4. The Balaban J connectivity index is 1.13. The summed E-state index contributed by atoms with van der Waals surface area (Å²) in [5.41, 5.74) is 8.31. The van der Waals surface area contributed by atoms with E-state index >= 15 is 0 Å². The molecule has 6 rings (SSSR count). The van der Waals surface area contributed by atoms with E-state index in [1.807, 2.05) is 0 Å². The molecule has 1 unspecified atom stereocenters. The van der Waals surface area contributed by atoms with Crippen LogP contribution in [0.15, 0.2) is 55.4 Å². The Kier molecular flexibility index (Phi) is 3.87. The lowest BCUT2D eigenvalue weighted by molar-refractivity contribution is 0.667. The fourth-order valence-corrected chi connectivity index (χ4v) is 5.03. The summed E-state index contributed by atoms with van der Waals surface area (Å²) in [6, 6.07) is 8.61. The van der Waals surface area contributed by atoms with Gasteiger partial charge in [-0.1, -0.05) is 30.2 Å². The maximum atomic E-state index is 4.96. The van der Waals surface area contributed by atoms with Crippen molar-refractivity contribution in [3.8, 4) is 0 Å². The van der Waals surface area contributed by atoms with Crippen molar-refractivity contribution in [2.24, 2.45) is 31.3 Å². The Hall–Kier alpha value is -2.56. The number of amidine groups is 2. The molecule has 1 aromatic rings. The zero-order chi connectivity index (χ0) is 19.4. The Morgan fingerprint density at radius 1 is 1.14 bits per heavy atom. The third kappa shape index (κ3) is 2.98. The number of nitrogens with one attached hydrogen (secondary N) is 1. The molecule has 1 N–H and O–H groups in total. The summed E-state index contributed by atoms with van der Waals surface area (Å²) in [6.07, 6.45) is 7.12. The van der Waals surface area contributed by atoms with Crippen LogP contribution in [0.4, 0.5) is 5.69 Å². The van der Waals surface area contributed by atoms with E-state index in [4.69, 9.17) is 9.98 Å². The molecule has 0 spiro atoms. The molecule has 2 saturated carbocycles. The van der Waals surface area contributed by atoms with E-state index in [1.165, 1.54) is 49.1 Å². The van der Waals surface area contributed by atoms with Gasteiger partial charge < -0.3 is 5.32 Å². The quantitative estimate of drug-likeness (QED) is 0.693. The Morgan fingerprint density at radius 2 is 2.07 bits per heavy atom. The average Bonchev–Trinajstić information content (AvgIpc) is 3.56. The molecule has 0 aromatic heterocycles. The lowest BCUT2D eigenvalue weighted by atomic mass is 9.97. The molecular formula is C24H27N5. The highest BCUT2D eigenvalue weighted by Crippen LogP contribution is 2.64. The van der Waals surface area contributed by atoms with Gasteiger partial charge in [-0.3, -0.25) is 9.98 Å². The van der Waals surface area contributed by atoms with Crippen molar-refractivity contribution in [3.63, 3.8) is 0 Å². The molecule has 0 bridgehead atoms. The average molecular weight is 386 g/mol. The molecule has 5 aliphatic rings. The van der Waals surface area contributed by atoms with Crippen molar-refractivity contribution in [2.45, 2.75) is 45.4 Å². The van der Waals surface area contributed by atoms with Crippen LogP contribution in [0.3, 0.4) is 0 Å². The minimum Gasteiger partial charge on any atom is -0.381 e. The first-order valence-electron chi connectivity index (χ1n) is 11.0. The van der Waals surface area contributed by atoms with E-state index in [1.54, 1.807) is 11.1 Å². The fraction of sp³-hybridized carbons (Fsp3) is 0.500. The number of allylic oxidation sites excluding steroid dienone is 1. The van der Waals surface area contributed by atoms with Crippen molar-refractivity contribution in [3.05, 3.63) is 41.0 Å². The molecule has 1 aromatic carbocycles. The van der Waals surface area contributed by atoms with Gasteiger partial charge in [0.05, 0.1) is 24.5 Å². The maximum absolute atomic E-state index is 4.96. The van der Waals surface area contributed by atoms with Crippen LogP contribution >= 0.6 is 0 Å². The van der Waals surface area contributed by atoms with Gasteiger partial charge in [0.15, 0.2) is 0 Å². The van der Waals surface area contributed by atoms with E-state index < -0.39 is 0 Å². The zero-order valence-corrected chi connectivity index (χ0v) is 17.0. The summed E-state index contributed by atoms with van der Waals surface area (Å²) in [7, 11) is 0. The summed E-state index contributed by atoms with van der Waals surface area (Å²) in [5.74, 6) is 2.78. The van der Waals surface area contributed by atoms with Gasteiger partial charge in [0.1, 0.15) is 11.7 Å². The number of hydrogen-bond acceptors (Lipinski definition) is 5. The van der Waals surface area contributed by atoms with Gasteiger partial charge in [0, 0.05) is 30.0 Å². The van der Waals surface area contributed by atoms with E-state index in [9.17, 15) is 0 Å². The first kappa shape index (κ1) is 17.3. The van der Waals surface area contributed by atoms with Gasteiger partial charge in [-0.25, -0.2) is 9.98 Å². The lowest BCUT2D eigenvalue weighted by Gasteiger charge is -2.10. The van der Waals surface area contributed by atoms with Crippen molar-refractivity contribution in [2.75, 3.05) is 25.0 Å². The van der Waals surface area contributed by atoms with Crippen LogP contribution in [0.25, 0.3) is 0 Å². The maximum Gasteiger partial charge on any atom is 0.126 e. The molecule has 5 nitrogen and oxygen atoms in total. The van der Waals surface area contributed by atoms with Gasteiger partial charge >= 0.3 is 0 Å². The molecule has 2 heterocycles. The second kappa shape index (κ2) is 6.48. The summed E-state index contributed by atoms with van der Waals surface area (Å²) in [5, 5.41) is 3.66. The summed E-state index contributed by atoms with van der Waals surface area (Å²) in [4.78, 5) is 18.8. The minimum atomic E-state index is 0.283. The van der Waals surface area contributed by atoms with E-state index in [2.05, 4.69) is 46.5 Å². The van der Waals surface area contributed by atoms with E-state index in [0.29, 0.717) is 12.5 Å². The first-order valence-corrected chi connectivity index (χ1v) is 11.0. The highest BCUT2D eigenvalue weighted by Gasteiger charge is 2.57. The molecule has 2 aliphatic heterocycles. The van der Waals surface area contributed by atoms with Crippen LogP contribution in [0.1, 0.15) is 51.0 Å². The lowest BCUT2D eigenvalue weighted by Crippen LogP contribution is -2.15. The standard InChI is InChI=1S/C24H27N5/c1-2-22-26-13-20(28-22)16-4-3-5-18(10-16)25-12-17-8-9-24(11-19(17)24)21-14-27-23(29-21)15-6-7-15/h3-5,10,15,25H,2,6-9,11-14H2,1H3. The molecule has 1 atom stereocenters. The summed E-state index contributed by atoms with van der Waals surface area (Å²) >= 11 is 0. The Morgan fingerprint density at radius 3 is 2.86 bits per heavy atom. The largest absolute Gasteiger partial charge is 0.381 e. The van der Waals surface area contributed by atoms with Gasteiger partial charge in [0.25, 0.3) is 0 Å². The predicted octanol–water partition coefficient (Wildman–Crippen LogP) is 4.45. The molecular weight excluding hydrogens is 358 g/mol. The molecule has 5 heteroatoms. The number of hydrogen-bond donors (Lipinski definition) is 1. The van der Waals surface area contributed by atoms with Gasteiger partial charge in [-0.15, -0.1) is 0 Å². The normalized spacial score (nSPS) is 27.5. The van der Waals surface area contributed by atoms with Crippen molar-refractivity contribution in [1.29, 1.82) is 0 Å². The number of aliphatic imine (C=N–C) groups is 4. The van der Waals surface area contributed by atoms with Crippen LogP contribution in [0, 0.1) is 11.3 Å². The second-order valence-electron chi connectivity index (χ2n) is 8.93. The molecule has 29 heavy (non-hydrogen) atoms. The van der Waals surface area contributed by atoms with Crippen LogP contribution in [-0.2, 0) is 0 Å². The molecule has 148 valence electrons. The SMILES string of the molecule is CCC1=NCC(c2cccc(NCC3=C4CC4(C4=NC(C5CC5)=NC4)CC3)c2)=N1. The molecule has 0 radical (unpaired) electrons. The third-order valence-corrected chi connectivity index (χ3v) is 7.04. The van der Waals surface area contributed by atoms with Crippen LogP contribution < -0.4 is 5.32 Å². The van der Waals surface area contributed by atoms with E-state index in [-0.39, 0.29) is 5.41 Å². The topological polar surface area (TPSA) is 61.5 Å². The van der Waals surface area contributed by atoms with Crippen molar-refractivity contribution >= 4 is 28.8 Å². The zero-order valence-electron chi connectivity index (χ0n) is 17.0. The predicted molar refractivity (Wildman–Crippen MR) is 120 cm³/mol. The fourth-order valence-electron chi connectivity index (χ4n) is 5.03. The number of rotatable bonds is 7. The molecule has 3 aliphatic carbocycles. The highest BCUT2D eigenvalue weighted by atomic mass is 15.0. The highest BCUT2D eigenvalue weighted by molar-refractivity contribution is 6.13. The number of benzene rings is 1. The summed E-state index contributed by atoms with van der Waals surface area (Å²) < 4.78 is 0. The van der Waals surface area contributed by atoms with Crippen LogP contribution in [0.2, 0.25) is 0 Å². The van der Waals surface area contributed by atoms with Crippen molar-refractivity contribution < 1.29 is 0 Å². The van der Waals surface area contributed by atoms with Gasteiger partial charge in [0.2, 0.25) is 0 Å². The first-order chi connectivity index (χ1) is 14.2.